The molecular formula is C52H87NO5. The molecule has 0 saturated heterocycles. The van der Waals surface area contributed by atoms with Crippen molar-refractivity contribution in [2.24, 2.45) is 0 Å². The summed E-state index contributed by atoms with van der Waals surface area (Å²) in [6.45, 7) is 6.26. The number of carbonyl (C=O) groups is 2. The minimum Gasteiger partial charge on any atom is -0.462 e. The van der Waals surface area contributed by atoms with E-state index < -0.39 is 18.2 Å². The molecule has 3 atom stereocenters. The lowest BCUT2D eigenvalue weighted by Crippen LogP contribution is -2.46. The van der Waals surface area contributed by atoms with E-state index in [4.69, 9.17) is 4.74 Å². The molecule has 0 aliphatic heterocycles. The lowest BCUT2D eigenvalue weighted by molar-refractivity contribution is -0.150. The molecule has 3 unspecified atom stereocenters. The molecule has 0 saturated carbocycles. The van der Waals surface area contributed by atoms with Crippen molar-refractivity contribution in [3.05, 3.63) is 97.2 Å². The van der Waals surface area contributed by atoms with Crippen molar-refractivity contribution in [3.63, 3.8) is 0 Å². The summed E-state index contributed by atoms with van der Waals surface area (Å²) in [6.07, 6.45) is 59.0. The monoisotopic (exact) mass is 806 g/mol. The van der Waals surface area contributed by atoms with Gasteiger partial charge in [0.15, 0.2) is 0 Å². The van der Waals surface area contributed by atoms with Crippen molar-refractivity contribution in [2.75, 3.05) is 6.61 Å². The average Bonchev–Trinajstić information content (AvgIpc) is 3.22. The molecule has 0 heterocycles. The van der Waals surface area contributed by atoms with E-state index in [9.17, 15) is 19.8 Å². The van der Waals surface area contributed by atoms with Crippen molar-refractivity contribution in [1.29, 1.82) is 0 Å². The third kappa shape index (κ3) is 39.6. The van der Waals surface area contributed by atoms with E-state index in [1.807, 2.05) is 66.8 Å². The first-order valence-corrected chi connectivity index (χ1v) is 23.5. The number of nitrogens with one attached hydrogen (secondary N) is 1. The fourth-order valence-electron chi connectivity index (χ4n) is 6.52. The topological polar surface area (TPSA) is 95.9 Å². The second-order valence-electron chi connectivity index (χ2n) is 15.6. The van der Waals surface area contributed by atoms with Crippen molar-refractivity contribution in [2.45, 2.75) is 212 Å². The van der Waals surface area contributed by atoms with Gasteiger partial charge >= 0.3 is 5.97 Å². The first-order chi connectivity index (χ1) is 28.5. The van der Waals surface area contributed by atoms with Crippen LogP contribution >= 0.6 is 0 Å². The Labute approximate surface area is 356 Å². The Morgan fingerprint density at radius 3 is 1.57 bits per heavy atom. The predicted octanol–water partition coefficient (Wildman–Crippen LogP) is 13.8. The largest absolute Gasteiger partial charge is 0.462 e. The Morgan fingerprint density at radius 1 is 0.534 bits per heavy atom. The summed E-state index contributed by atoms with van der Waals surface area (Å²) in [5.74, 6) is -0.641. The van der Waals surface area contributed by atoms with Crippen molar-refractivity contribution >= 4 is 11.9 Å². The molecule has 0 radical (unpaired) electrons. The van der Waals surface area contributed by atoms with Crippen molar-refractivity contribution < 1.29 is 24.5 Å². The van der Waals surface area contributed by atoms with E-state index in [0.29, 0.717) is 19.3 Å². The van der Waals surface area contributed by atoms with Gasteiger partial charge < -0.3 is 20.3 Å². The summed E-state index contributed by atoms with van der Waals surface area (Å²) in [5, 5.41) is 23.6. The second kappa shape index (κ2) is 44.9. The van der Waals surface area contributed by atoms with E-state index in [-0.39, 0.29) is 31.3 Å². The molecule has 1 amide bonds. The van der Waals surface area contributed by atoms with Gasteiger partial charge in [0.05, 0.1) is 25.2 Å². The minimum absolute atomic E-state index is 0.00134. The summed E-state index contributed by atoms with van der Waals surface area (Å²) in [4.78, 5) is 26.0. The van der Waals surface area contributed by atoms with Crippen LogP contribution in [0.25, 0.3) is 0 Å². The summed E-state index contributed by atoms with van der Waals surface area (Å²) in [7, 11) is 0. The Bertz CT molecular complexity index is 1180. The van der Waals surface area contributed by atoms with Gasteiger partial charge in [-0.1, -0.05) is 221 Å². The summed E-state index contributed by atoms with van der Waals surface area (Å²) < 4.78 is 5.83. The SMILES string of the molecule is CC\C=C/C=C/C=C/C=C\C=C\C=C\CCCC(CC(=O)NC(CO)C(O)CCCCCCCCCCCCC)OC(=O)CC/C=C/C/C=C\CCCCCCCC. The number of unbranched alkanes of at least 4 members (excludes halogenated alkanes) is 17. The maximum absolute atomic E-state index is 13.1. The molecule has 0 aromatic carbocycles. The van der Waals surface area contributed by atoms with E-state index in [1.165, 1.54) is 89.9 Å². The highest BCUT2D eigenvalue weighted by Crippen LogP contribution is 2.16. The highest BCUT2D eigenvalue weighted by atomic mass is 16.5. The van der Waals surface area contributed by atoms with Crippen LogP contribution in [-0.2, 0) is 14.3 Å². The number of amides is 1. The highest BCUT2D eigenvalue weighted by Gasteiger charge is 2.23. The van der Waals surface area contributed by atoms with Crippen LogP contribution in [0.4, 0.5) is 0 Å². The molecule has 0 bridgehead atoms. The minimum atomic E-state index is -0.820. The molecule has 6 heteroatoms. The van der Waals surface area contributed by atoms with Crippen LogP contribution in [-0.4, -0.2) is 46.9 Å². The fraction of sp³-hybridized carbons (Fsp3) is 0.654. The Morgan fingerprint density at radius 2 is 1.02 bits per heavy atom. The zero-order valence-corrected chi connectivity index (χ0v) is 37.4. The number of esters is 1. The number of ether oxygens (including phenoxy) is 1. The van der Waals surface area contributed by atoms with Crippen molar-refractivity contribution in [3.8, 4) is 0 Å². The summed E-state index contributed by atoms with van der Waals surface area (Å²) >= 11 is 0. The number of rotatable bonds is 40. The van der Waals surface area contributed by atoms with Gasteiger partial charge in [-0.3, -0.25) is 9.59 Å². The van der Waals surface area contributed by atoms with E-state index >= 15 is 0 Å². The first kappa shape index (κ1) is 54.8. The molecule has 58 heavy (non-hydrogen) atoms. The Hall–Kier alpha value is -3.22. The molecule has 0 aliphatic rings. The van der Waals surface area contributed by atoms with Crippen LogP contribution in [0.15, 0.2) is 97.2 Å². The smallest absolute Gasteiger partial charge is 0.306 e. The zero-order chi connectivity index (χ0) is 42.4. The lowest BCUT2D eigenvalue weighted by atomic mass is 10.0. The molecule has 0 aromatic rings. The average molecular weight is 806 g/mol. The predicted molar refractivity (Wildman–Crippen MR) is 250 cm³/mol. The number of allylic oxidation sites excluding steroid dienone is 16. The quantitative estimate of drug-likeness (QED) is 0.0248. The third-order valence-corrected chi connectivity index (χ3v) is 10.1. The molecular weight excluding hydrogens is 719 g/mol. The van der Waals surface area contributed by atoms with Gasteiger partial charge in [-0.15, -0.1) is 0 Å². The fourth-order valence-corrected chi connectivity index (χ4v) is 6.52. The summed E-state index contributed by atoms with van der Waals surface area (Å²) in [5.41, 5.74) is 0. The molecule has 0 rings (SSSR count). The zero-order valence-electron chi connectivity index (χ0n) is 37.4. The number of aliphatic hydroxyl groups excluding tert-OH is 2. The van der Waals surface area contributed by atoms with Gasteiger partial charge in [0.1, 0.15) is 6.10 Å². The maximum atomic E-state index is 13.1. The number of hydrogen-bond donors (Lipinski definition) is 3. The van der Waals surface area contributed by atoms with Crippen molar-refractivity contribution in [1.82, 2.24) is 5.32 Å². The van der Waals surface area contributed by atoms with Crippen LogP contribution in [0.3, 0.4) is 0 Å². The molecule has 0 aliphatic carbocycles. The standard InChI is InChI=1S/C52H87NO5/c1-4-7-10-13-16-19-22-24-25-27-29-31-34-37-40-43-48(58-52(57)45-42-39-36-33-30-26-23-20-17-14-11-8-5-2)46-51(56)53-49(47-54)50(55)44-41-38-35-32-28-21-18-15-12-9-6-3/h7,10,13,16,19,22,24-27,29-31,34,36,39,48-50,54-55H,4-6,8-9,11-12,14-15,17-18,20-21,23,28,32-33,35,37-38,40-47H2,1-3H3,(H,53,56)/b10-7-,16-13+,22-19+,25-24-,29-27+,30-26-,34-31+,39-36+. The molecule has 0 spiro atoms. The highest BCUT2D eigenvalue weighted by molar-refractivity contribution is 5.77. The number of aliphatic hydroxyl groups is 2. The molecule has 3 N–H and O–H groups in total. The van der Waals surface area contributed by atoms with E-state index in [0.717, 1.165) is 51.4 Å². The van der Waals surface area contributed by atoms with Gasteiger partial charge in [-0.05, 0) is 57.8 Å². The van der Waals surface area contributed by atoms with Gasteiger partial charge in [0, 0.05) is 6.42 Å². The molecule has 0 aromatic heterocycles. The van der Waals surface area contributed by atoms with Gasteiger partial charge in [-0.25, -0.2) is 0 Å². The Balaban J connectivity index is 4.86. The summed E-state index contributed by atoms with van der Waals surface area (Å²) in [6, 6.07) is -0.740. The van der Waals surface area contributed by atoms with Gasteiger partial charge in [-0.2, -0.15) is 0 Å². The normalized spacial score (nSPS) is 14.2. The van der Waals surface area contributed by atoms with Gasteiger partial charge in [0.25, 0.3) is 0 Å². The van der Waals surface area contributed by atoms with Crippen LogP contribution in [0.5, 0.6) is 0 Å². The van der Waals surface area contributed by atoms with Gasteiger partial charge in [0.2, 0.25) is 5.91 Å². The van der Waals surface area contributed by atoms with Crippen LogP contribution < -0.4 is 5.32 Å². The van der Waals surface area contributed by atoms with Crippen LogP contribution in [0.1, 0.15) is 194 Å². The number of hydrogen-bond acceptors (Lipinski definition) is 5. The van der Waals surface area contributed by atoms with Crippen LogP contribution in [0.2, 0.25) is 0 Å². The third-order valence-electron chi connectivity index (χ3n) is 10.1. The lowest BCUT2D eigenvalue weighted by Gasteiger charge is -2.24. The van der Waals surface area contributed by atoms with E-state index in [1.54, 1.807) is 0 Å². The second-order valence-corrected chi connectivity index (χ2v) is 15.6. The molecule has 330 valence electrons. The molecule has 0 fully saturated rings. The number of carbonyl (C=O) groups excluding carboxylic acids is 2. The maximum Gasteiger partial charge on any atom is 0.306 e. The first-order valence-electron chi connectivity index (χ1n) is 23.5. The Kier molecular flexibility index (Phi) is 42.4. The van der Waals surface area contributed by atoms with E-state index in [2.05, 4.69) is 56.5 Å². The molecule has 6 nitrogen and oxygen atoms in total. The van der Waals surface area contributed by atoms with Crippen LogP contribution in [0, 0.1) is 0 Å².